The standard InChI is InChI=1S/C2H2O4.CH3F/c3-1(4)2(5)6;1-2/h(H,3,4)(H,5,6);1H3. The lowest BCUT2D eigenvalue weighted by molar-refractivity contribution is -0.159. The highest BCUT2D eigenvalue weighted by atomic mass is 19.1. The highest BCUT2D eigenvalue weighted by Crippen LogP contribution is 1.56. The smallest absolute Gasteiger partial charge is 0.414 e. The molecule has 0 aliphatic carbocycles. The van der Waals surface area contributed by atoms with Crippen molar-refractivity contribution in [2.45, 2.75) is 0 Å². The molecule has 0 unspecified atom stereocenters. The Morgan fingerprint density at radius 3 is 1.25 bits per heavy atom. The Bertz CT molecular complexity index is 77.3. The third kappa shape index (κ3) is 8.85. The summed E-state index contributed by atoms with van der Waals surface area (Å²) in [4.78, 5) is 18.2. The lowest BCUT2D eigenvalue weighted by atomic mass is 10.7. The predicted octanol–water partition coefficient (Wildman–Crippen LogP) is -0.259. The van der Waals surface area contributed by atoms with Crippen LogP contribution in [0, 0.1) is 0 Å². The van der Waals surface area contributed by atoms with E-state index in [2.05, 4.69) is 0 Å². The summed E-state index contributed by atoms with van der Waals surface area (Å²) in [5.41, 5.74) is 0. The maximum atomic E-state index is 9.50. The van der Waals surface area contributed by atoms with Gasteiger partial charge in [0.05, 0.1) is 7.18 Å². The molecule has 4 nitrogen and oxygen atoms in total. The van der Waals surface area contributed by atoms with Crippen molar-refractivity contribution in [3.8, 4) is 0 Å². The number of alkyl halides is 1. The van der Waals surface area contributed by atoms with E-state index in [1.165, 1.54) is 0 Å². The lowest BCUT2D eigenvalue weighted by Gasteiger charge is -1.72. The molecule has 0 heterocycles. The van der Waals surface area contributed by atoms with Crippen molar-refractivity contribution in [1.29, 1.82) is 0 Å². The van der Waals surface area contributed by atoms with Crippen LogP contribution in [-0.4, -0.2) is 29.3 Å². The van der Waals surface area contributed by atoms with Crippen molar-refractivity contribution in [3.63, 3.8) is 0 Å². The Morgan fingerprint density at radius 2 is 1.25 bits per heavy atom. The summed E-state index contributed by atoms with van der Waals surface area (Å²) in [7, 11) is 0.500. The van der Waals surface area contributed by atoms with Crippen LogP contribution in [0.1, 0.15) is 0 Å². The normalized spacial score (nSPS) is 6.25. The van der Waals surface area contributed by atoms with Gasteiger partial charge in [0.1, 0.15) is 0 Å². The molecule has 0 aliphatic rings. The van der Waals surface area contributed by atoms with Crippen molar-refractivity contribution in [1.82, 2.24) is 0 Å². The number of hydrogen-bond acceptors (Lipinski definition) is 2. The van der Waals surface area contributed by atoms with E-state index in [4.69, 9.17) is 19.8 Å². The Kier molecular flexibility index (Phi) is 7.32. The summed E-state index contributed by atoms with van der Waals surface area (Å²) in [6.07, 6.45) is 0. The van der Waals surface area contributed by atoms with E-state index in [1.54, 1.807) is 0 Å². The maximum Gasteiger partial charge on any atom is 0.414 e. The van der Waals surface area contributed by atoms with Gasteiger partial charge in [0.15, 0.2) is 0 Å². The summed E-state index contributed by atoms with van der Waals surface area (Å²) in [5.74, 6) is -3.65. The summed E-state index contributed by atoms with van der Waals surface area (Å²) in [6.45, 7) is 0. The second-order valence-corrected chi connectivity index (χ2v) is 0.610. The van der Waals surface area contributed by atoms with E-state index >= 15 is 0 Å². The van der Waals surface area contributed by atoms with E-state index < -0.39 is 11.9 Å². The van der Waals surface area contributed by atoms with Gasteiger partial charge in [-0.1, -0.05) is 0 Å². The minimum atomic E-state index is -1.82. The molecule has 0 aromatic heterocycles. The molecule has 5 heteroatoms. The van der Waals surface area contributed by atoms with Crippen molar-refractivity contribution < 1.29 is 24.2 Å². The topological polar surface area (TPSA) is 74.6 Å². The number of rotatable bonds is 0. The first-order valence-electron chi connectivity index (χ1n) is 1.48. The molecule has 0 bridgehead atoms. The fraction of sp³-hybridized carbons (Fsp3) is 0.333. The third-order valence-electron chi connectivity index (χ3n) is 0.183. The van der Waals surface area contributed by atoms with Crippen molar-refractivity contribution in [2.75, 3.05) is 7.18 Å². The molecule has 8 heavy (non-hydrogen) atoms. The van der Waals surface area contributed by atoms with E-state index in [0.29, 0.717) is 7.18 Å². The summed E-state index contributed by atoms with van der Waals surface area (Å²) < 4.78 is 9.50. The van der Waals surface area contributed by atoms with Crippen LogP contribution < -0.4 is 0 Å². The van der Waals surface area contributed by atoms with Gasteiger partial charge in [-0.25, -0.2) is 9.59 Å². The maximum absolute atomic E-state index is 9.50. The van der Waals surface area contributed by atoms with Gasteiger partial charge in [-0.3, -0.25) is 4.39 Å². The molecule has 0 fully saturated rings. The lowest BCUT2D eigenvalue weighted by Crippen LogP contribution is -2.09. The molecule has 0 spiro atoms. The Balaban J connectivity index is 0. The van der Waals surface area contributed by atoms with Gasteiger partial charge in [0.2, 0.25) is 0 Å². The highest BCUT2D eigenvalue weighted by molar-refractivity contribution is 6.27. The number of halogens is 1. The fourth-order valence-corrected chi connectivity index (χ4v) is 0. The zero-order chi connectivity index (χ0) is 7.15. The Morgan fingerprint density at radius 1 is 1.12 bits per heavy atom. The summed E-state index contributed by atoms with van der Waals surface area (Å²) >= 11 is 0. The van der Waals surface area contributed by atoms with E-state index in [9.17, 15) is 4.39 Å². The minimum Gasteiger partial charge on any atom is -0.473 e. The van der Waals surface area contributed by atoms with Crippen molar-refractivity contribution in [2.24, 2.45) is 0 Å². The first kappa shape index (κ1) is 9.98. The average molecular weight is 124 g/mol. The molecule has 0 atom stereocenters. The van der Waals surface area contributed by atoms with Gasteiger partial charge < -0.3 is 10.2 Å². The molecular formula is C3H5FO4. The van der Waals surface area contributed by atoms with Crippen LogP contribution in [0.2, 0.25) is 0 Å². The second-order valence-electron chi connectivity index (χ2n) is 0.610. The number of carboxylic acid groups (broad SMARTS) is 2. The number of carboxylic acids is 2. The van der Waals surface area contributed by atoms with Crippen LogP contribution in [0.5, 0.6) is 0 Å². The summed E-state index contributed by atoms with van der Waals surface area (Å²) in [6, 6.07) is 0. The second kappa shape index (κ2) is 5.87. The van der Waals surface area contributed by atoms with Crippen LogP contribution in [0.4, 0.5) is 4.39 Å². The van der Waals surface area contributed by atoms with Crippen LogP contribution in [-0.2, 0) is 9.59 Å². The molecule has 0 aromatic rings. The van der Waals surface area contributed by atoms with Gasteiger partial charge in [-0.2, -0.15) is 0 Å². The Labute approximate surface area is 44.6 Å². The van der Waals surface area contributed by atoms with Gasteiger partial charge in [-0.15, -0.1) is 0 Å². The van der Waals surface area contributed by atoms with Gasteiger partial charge in [0.25, 0.3) is 0 Å². The monoisotopic (exact) mass is 124 g/mol. The number of hydrogen-bond donors (Lipinski definition) is 2. The van der Waals surface area contributed by atoms with Crippen LogP contribution in [0.3, 0.4) is 0 Å². The van der Waals surface area contributed by atoms with Gasteiger partial charge in [-0.05, 0) is 0 Å². The molecule has 0 saturated heterocycles. The van der Waals surface area contributed by atoms with Gasteiger partial charge >= 0.3 is 11.9 Å². The van der Waals surface area contributed by atoms with E-state index in [1.807, 2.05) is 0 Å². The van der Waals surface area contributed by atoms with Crippen molar-refractivity contribution >= 4 is 11.9 Å². The molecule has 2 N–H and O–H groups in total. The minimum absolute atomic E-state index is 0.500. The molecule has 0 rings (SSSR count). The molecule has 0 aliphatic heterocycles. The molecule has 0 radical (unpaired) electrons. The molecule has 48 valence electrons. The average Bonchev–Trinajstić information content (AvgIpc) is 1.72. The van der Waals surface area contributed by atoms with E-state index in [-0.39, 0.29) is 0 Å². The third-order valence-corrected chi connectivity index (χ3v) is 0.183. The molecule has 0 aromatic carbocycles. The van der Waals surface area contributed by atoms with Crippen LogP contribution in [0.25, 0.3) is 0 Å². The molecule has 0 amide bonds. The van der Waals surface area contributed by atoms with E-state index in [0.717, 1.165) is 0 Å². The fourth-order valence-electron chi connectivity index (χ4n) is 0. The summed E-state index contributed by atoms with van der Waals surface area (Å²) in [5, 5.41) is 14.8. The van der Waals surface area contributed by atoms with Crippen LogP contribution in [0.15, 0.2) is 0 Å². The SMILES string of the molecule is CF.O=C(O)C(=O)O. The van der Waals surface area contributed by atoms with Crippen molar-refractivity contribution in [3.05, 3.63) is 0 Å². The quantitative estimate of drug-likeness (QED) is 0.436. The largest absolute Gasteiger partial charge is 0.473 e. The highest BCUT2D eigenvalue weighted by Gasteiger charge is 2.04. The predicted molar refractivity (Wildman–Crippen MR) is 22.3 cm³/mol. The number of aliphatic carboxylic acids is 2. The molecule has 0 saturated carbocycles. The first-order chi connectivity index (χ1) is 3.64. The van der Waals surface area contributed by atoms with Crippen LogP contribution >= 0.6 is 0 Å². The molecular weight excluding hydrogens is 119 g/mol. The Hall–Kier alpha value is -1.13. The number of carbonyl (C=O) groups is 2. The van der Waals surface area contributed by atoms with Gasteiger partial charge in [0, 0.05) is 0 Å². The zero-order valence-corrected chi connectivity index (χ0v) is 4.09. The first-order valence-corrected chi connectivity index (χ1v) is 1.48. The zero-order valence-electron chi connectivity index (χ0n) is 4.09.